The second-order valence-corrected chi connectivity index (χ2v) is 2.12. The molecule has 0 heterocycles. The lowest BCUT2D eigenvalue weighted by Crippen LogP contribution is -1.97. The maximum absolute atomic E-state index is 10.2. The summed E-state index contributed by atoms with van der Waals surface area (Å²) >= 11 is 0. The SMILES string of the molecule is O=[C]COc1ccc(C=O)cc1. The van der Waals surface area contributed by atoms with Crippen LogP contribution in [0, 0.1) is 0 Å². The van der Waals surface area contributed by atoms with Crippen LogP contribution in [0.1, 0.15) is 10.4 Å². The van der Waals surface area contributed by atoms with Crippen molar-refractivity contribution in [1.29, 1.82) is 0 Å². The number of hydrogen-bond acceptors (Lipinski definition) is 3. The van der Waals surface area contributed by atoms with E-state index in [1.54, 1.807) is 30.6 Å². The highest BCUT2D eigenvalue weighted by molar-refractivity contribution is 5.74. The van der Waals surface area contributed by atoms with Crippen LogP contribution < -0.4 is 4.74 Å². The number of rotatable bonds is 4. The van der Waals surface area contributed by atoms with E-state index in [0.29, 0.717) is 11.3 Å². The summed E-state index contributed by atoms with van der Waals surface area (Å²) in [6.45, 7) is -0.0829. The zero-order chi connectivity index (χ0) is 8.81. The molecule has 0 aliphatic heterocycles. The van der Waals surface area contributed by atoms with E-state index < -0.39 is 0 Å². The molecule has 0 saturated heterocycles. The molecule has 12 heavy (non-hydrogen) atoms. The van der Waals surface area contributed by atoms with E-state index in [1.807, 2.05) is 0 Å². The summed E-state index contributed by atoms with van der Waals surface area (Å²) in [5, 5.41) is 0. The molecule has 0 fully saturated rings. The largest absolute Gasteiger partial charge is 0.485 e. The van der Waals surface area contributed by atoms with Crippen LogP contribution in [0.2, 0.25) is 0 Å². The molecule has 0 amide bonds. The molecular formula is C9H7O3. The van der Waals surface area contributed by atoms with Crippen LogP contribution >= 0.6 is 0 Å². The van der Waals surface area contributed by atoms with Crippen molar-refractivity contribution >= 4 is 12.6 Å². The first kappa shape index (κ1) is 8.46. The Labute approximate surface area is 70.0 Å². The van der Waals surface area contributed by atoms with Crippen LogP contribution in [0.4, 0.5) is 0 Å². The normalized spacial score (nSPS) is 9.00. The average Bonchev–Trinajstić information content (AvgIpc) is 2.15. The van der Waals surface area contributed by atoms with Gasteiger partial charge in [-0.2, -0.15) is 0 Å². The molecule has 61 valence electrons. The third-order valence-corrected chi connectivity index (χ3v) is 1.31. The second-order valence-electron chi connectivity index (χ2n) is 2.12. The summed E-state index contributed by atoms with van der Waals surface area (Å²) in [5.74, 6) is 0.559. The summed E-state index contributed by atoms with van der Waals surface area (Å²) < 4.78 is 4.92. The van der Waals surface area contributed by atoms with Gasteiger partial charge in [0.25, 0.3) is 0 Å². The highest BCUT2D eigenvalue weighted by atomic mass is 16.5. The van der Waals surface area contributed by atoms with Crippen LogP contribution in [-0.4, -0.2) is 19.2 Å². The fraction of sp³-hybridized carbons (Fsp3) is 0.111. The molecule has 0 N–H and O–H groups in total. The van der Waals surface area contributed by atoms with Gasteiger partial charge in [-0.25, -0.2) is 0 Å². The lowest BCUT2D eigenvalue weighted by Gasteiger charge is -1.99. The number of aldehydes is 1. The number of carbonyl (C=O) groups excluding carboxylic acids is 2. The Morgan fingerprint density at radius 3 is 2.50 bits per heavy atom. The van der Waals surface area contributed by atoms with Gasteiger partial charge in [0.05, 0.1) is 0 Å². The molecular weight excluding hydrogens is 156 g/mol. The van der Waals surface area contributed by atoms with E-state index in [2.05, 4.69) is 0 Å². The Balaban J connectivity index is 2.64. The number of ether oxygens (including phenoxy) is 1. The van der Waals surface area contributed by atoms with Crippen molar-refractivity contribution in [3.63, 3.8) is 0 Å². The van der Waals surface area contributed by atoms with Gasteiger partial charge in [0, 0.05) is 5.56 Å². The number of carbonyl (C=O) groups is 1. The summed E-state index contributed by atoms with van der Waals surface area (Å²) in [7, 11) is 0. The molecule has 0 unspecified atom stereocenters. The highest BCUT2D eigenvalue weighted by Gasteiger charge is 1.92. The topological polar surface area (TPSA) is 43.4 Å². The number of hydrogen-bond donors (Lipinski definition) is 0. The van der Waals surface area contributed by atoms with Gasteiger partial charge in [-0.05, 0) is 24.3 Å². The number of benzene rings is 1. The van der Waals surface area contributed by atoms with Gasteiger partial charge < -0.3 is 4.74 Å². The molecule has 1 rings (SSSR count). The van der Waals surface area contributed by atoms with Crippen molar-refractivity contribution < 1.29 is 14.3 Å². The van der Waals surface area contributed by atoms with Crippen LogP contribution in [0.25, 0.3) is 0 Å². The van der Waals surface area contributed by atoms with Crippen LogP contribution in [0.15, 0.2) is 24.3 Å². The Hall–Kier alpha value is -1.64. The molecule has 3 nitrogen and oxygen atoms in total. The quantitative estimate of drug-likeness (QED) is 0.621. The second kappa shape index (κ2) is 4.28. The zero-order valence-corrected chi connectivity index (χ0v) is 6.32. The minimum Gasteiger partial charge on any atom is -0.485 e. The van der Waals surface area contributed by atoms with Crippen LogP contribution in [0.3, 0.4) is 0 Å². The first-order valence-electron chi connectivity index (χ1n) is 3.40. The smallest absolute Gasteiger partial charge is 0.239 e. The molecule has 0 atom stereocenters. The monoisotopic (exact) mass is 163 g/mol. The van der Waals surface area contributed by atoms with E-state index in [1.165, 1.54) is 0 Å². The third kappa shape index (κ3) is 2.20. The van der Waals surface area contributed by atoms with Crippen molar-refractivity contribution in [3.8, 4) is 5.75 Å². The van der Waals surface area contributed by atoms with Gasteiger partial charge in [-0.1, -0.05) is 0 Å². The Kier molecular flexibility index (Phi) is 3.02. The van der Waals surface area contributed by atoms with E-state index in [-0.39, 0.29) is 6.61 Å². The molecule has 0 aliphatic rings. The van der Waals surface area contributed by atoms with Crippen LogP contribution in [-0.2, 0) is 4.79 Å². The van der Waals surface area contributed by atoms with E-state index in [0.717, 1.165) is 6.29 Å². The van der Waals surface area contributed by atoms with Crippen molar-refractivity contribution in [2.24, 2.45) is 0 Å². The summed E-state index contributed by atoms with van der Waals surface area (Å²) in [4.78, 5) is 20.0. The van der Waals surface area contributed by atoms with Gasteiger partial charge in [0.15, 0.2) is 6.61 Å². The average molecular weight is 163 g/mol. The fourth-order valence-corrected chi connectivity index (χ4v) is 0.755. The Morgan fingerprint density at radius 2 is 2.00 bits per heavy atom. The van der Waals surface area contributed by atoms with E-state index in [9.17, 15) is 9.59 Å². The zero-order valence-electron chi connectivity index (χ0n) is 6.32. The fourth-order valence-electron chi connectivity index (χ4n) is 0.755. The maximum Gasteiger partial charge on any atom is 0.239 e. The first-order chi connectivity index (χ1) is 5.86. The predicted molar refractivity (Wildman–Crippen MR) is 43.0 cm³/mol. The highest BCUT2D eigenvalue weighted by Crippen LogP contribution is 2.10. The molecule has 0 aliphatic carbocycles. The first-order valence-corrected chi connectivity index (χ1v) is 3.40. The van der Waals surface area contributed by atoms with Crippen molar-refractivity contribution in [3.05, 3.63) is 29.8 Å². The van der Waals surface area contributed by atoms with Crippen LogP contribution in [0.5, 0.6) is 5.75 Å². The summed E-state index contributed by atoms with van der Waals surface area (Å²) in [6.07, 6.45) is 2.35. The summed E-state index contributed by atoms with van der Waals surface area (Å²) in [6, 6.07) is 6.49. The van der Waals surface area contributed by atoms with Gasteiger partial charge in [0.1, 0.15) is 12.0 Å². The van der Waals surface area contributed by atoms with Gasteiger partial charge >= 0.3 is 0 Å². The molecule has 1 aromatic rings. The van der Waals surface area contributed by atoms with E-state index in [4.69, 9.17) is 4.74 Å². The molecule has 3 heteroatoms. The Morgan fingerprint density at radius 1 is 1.33 bits per heavy atom. The van der Waals surface area contributed by atoms with Crippen molar-refractivity contribution in [2.75, 3.05) is 6.61 Å². The van der Waals surface area contributed by atoms with E-state index >= 15 is 0 Å². The molecule has 0 aromatic heterocycles. The van der Waals surface area contributed by atoms with Gasteiger partial charge in [-0.3, -0.25) is 9.59 Å². The lowest BCUT2D eigenvalue weighted by molar-refractivity contribution is 0.112. The lowest BCUT2D eigenvalue weighted by atomic mass is 10.2. The van der Waals surface area contributed by atoms with Crippen molar-refractivity contribution in [1.82, 2.24) is 0 Å². The minimum atomic E-state index is -0.0829. The molecule has 0 bridgehead atoms. The molecule has 0 saturated carbocycles. The maximum atomic E-state index is 10.2. The predicted octanol–water partition coefficient (Wildman–Crippen LogP) is 0.988. The minimum absolute atomic E-state index is 0.0829. The molecule has 1 radical (unpaired) electrons. The van der Waals surface area contributed by atoms with Crippen molar-refractivity contribution in [2.45, 2.75) is 0 Å². The standard InChI is InChI=1S/C9H7O3/c10-5-6-12-9-3-1-8(7-11)2-4-9/h1-4,7H,6H2. The Bertz CT molecular complexity index is 264. The van der Waals surface area contributed by atoms with Gasteiger partial charge in [0.2, 0.25) is 6.29 Å². The molecule has 0 spiro atoms. The third-order valence-electron chi connectivity index (χ3n) is 1.31. The summed E-state index contributed by atoms with van der Waals surface area (Å²) in [5.41, 5.74) is 0.581. The van der Waals surface area contributed by atoms with Gasteiger partial charge in [-0.15, -0.1) is 0 Å². The molecule has 1 aromatic carbocycles.